The maximum Gasteiger partial charge on any atom is 0.251 e. The topological polar surface area (TPSA) is 51.2 Å². The number of carbonyl (C=O) groups excluding carboxylic acids is 1. The van der Waals surface area contributed by atoms with Crippen LogP contribution in [0, 0.1) is 5.82 Å². The van der Waals surface area contributed by atoms with Crippen LogP contribution in [-0.2, 0) is 5.54 Å². The Morgan fingerprint density at radius 2 is 1.74 bits per heavy atom. The average molecular weight is 362 g/mol. The molecule has 3 aromatic rings. The van der Waals surface area contributed by atoms with Gasteiger partial charge in [0.05, 0.1) is 24.5 Å². The van der Waals surface area contributed by atoms with Gasteiger partial charge in [-0.1, -0.05) is 24.3 Å². The number of nitrogens with one attached hydrogen (secondary N) is 1. The summed E-state index contributed by atoms with van der Waals surface area (Å²) >= 11 is 0. The summed E-state index contributed by atoms with van der Waals surface area (Å²) in [5, 5.41) is 3.10. The highest BCUT2D eigenvalue weighted by molar-refractivity contribution is 5.95. The van der Waals surface area contributed by atoms with E-state index in [1.807, 2.05) is 36.4 Å². The van der Waals surface area contributed by atoms with Gasteiger partial charge >= 0.3 is 0 Å². The lowest BCUT2D eigenvalue weighted by molar-refractivity contribution is 0.0931. The van der Waals surface area contributed by atoms with Gasteiger partial charge in [-0.3, -0.25) is 9.78 Å². The van der Waals surface area contributed by atoms with Gasteiger partial charge in [0.25, 0.3) is 5.91 Å². The Kier molecular flexibility index (Phi) is 4.36. The fourth-order valence-corrected chi connectivity index (χ4v) is 3.13. The summed E-state index contributed by atoms with van der Waals surface area (Å²) in [6, 6.07) is 17.5. The molecule has 4 rings (SSSR count). The molecule has 1 amide bonds. The molecule has 2 aromatic carbocycles. The molecule has 4 nitrogen and oxygen atoms in total. The molecular formula is C22H19FN2O2. The molecule has 0 bridgehead atoms. The molecule has 1 N–H and O–H groups in total. The van der Waals surface area contributed by atoms with Gasteiger partial charge in [0.2, 0.25) is 0 Å². The second-order valence-electron chi connectivity index (χ2n) is 6.70. The van der Waals surface area contributed by atoms with Crippen molar-refractivity contribution in [1.29, 1.82) is 0 Å². The van der Waals surface area contributed by atoms with Gasteiger partial charge in [-0.15, -0.1) is 0 Å². The number of hydrogen-bond acceptors (Lipinski definition) is 3. The third-order valence-electron chi connectivity index (χ3n) is 4.91. The van der Waals surface area contributed by atoms with Crippen molar-refractivity contribution in [2.45, 2.75) is 18.4 Å². The van der Waals surface area contributed by atoms with Crippen LogP contribution in [-0.4, -0.2) is 18.0 Å². The van der Waals surface area contributed by atoms with Crippen LogP contribution in [0.1, 0.15) is 28.8 Å². The molecule has 27 heavy (non-hydrogen) atoms. The van der Waals surface area contributed by atoms with Crippen molar-refractivity contribution in [3.63, 3.8) is 0 Å². The van der Waals surface area contributed by atoms with Gasteiger partial charge in [0, 0.05) is 11.1 Å². The zero-order valence-corrected chi connectivity index (χ0v) is 14.9. The van der Waals surface area contributed by atoms with E-state index < -0.39 is 0 Å². The Bertz CT molecular complexity index is 947. The molecule has 136 valence electrons. The minimum absolute atomic E-state index is 0.187. The number of pyridine rings is 1. The first kappa shape index (κ1) is 17.2. The molecular weight excluding hydrogens is 343 g/mol. The number of nitrogens with zero attached hydrogens (tertiary/aromatic N) is 1. The van der Waals surface area contributed by atoms with E-state index in [1.165, 1.54) is 24.3 Å². The largest absolute Gasteiger partial charge is 0.495 e. The van der Waals surface area contributed by atoms with Gasteiger partial charge in [-0.2, -0.15) is 0 Å². The Balaban J connectivity index is 1.50. The summed E-state index contributed by atoms with van der Waals surface area (Å²) in [4.78, 5) is 16.9. The number of aromatic nitrogens is 1. The van der Waals surface area contributed by atoms with E-state index in [-0.39, 0.29) is 17.3 Å². The molecule has 0 saturated heterocycles. The lowest BCUT2D eigenvalue weighted by atomic mass is 10.0. The molecule has 0 spiro atoms. The Labute approximate surface area is 157 Å². The van der Waals surface area contributed by atoms with E-state index in [1.54, 1.807) is 13.3 Å². The minimum atomic E-state index is -0.351. The lowest BCUT2D eigenvalue weighted by Crippen LogP contribution is -2.34. The Morgan fingerprint density at radius 1 is 1.04 bits per heavy atom. The van der Waals surface area contributed by atoms with E-state index in [9.17, 15) is 9.18 Å². The van der Waals surface area contributed by atoms with Crippen molar-refractivity contribution in [3.8, 4) is 17.0 Å². The summed E-state index contributed by atoms with van der Waals surface area (Å²) in [5.41, 5.74) is 3.05. The molecule has 0 aliphatic heterocycles. The summed E-state index contributed by atoms with van der Waals surface area (Å²) in [6.45, 7) is 0. The molecule has 1 aliphatic carbocycles. The number of ether oxygens (including phenoxy) is 1. The third-order valence-corrected chi connectivity index (χ3v) is 4.91. The van der Waals surface area contributed by atoms with Gasteiger partial charge in [-0.05, 0) is 54.8 Å². The van der Waals surface area contributed by atoms with Gasteiger partial charge in [0.15, 0.2) is 0 Å². The van der Waals surface area contributed by atoms with Crippen LogP contribution in [0.3, 0.4) is 0 Å². The number of benzene rings is 2. The van der Waals surface area contributed by atoms with E-state index in [0.717, 1.165) is 35.4 Å². The number of halogens is 1. The first-order chi connectivity index (χ1) is 13.1. The maximum absolute atomic E-state index is 13.0. The van der Waals surface area contributed by atoms with E-state index >= 15 is 0 Å². The number of carbonyl (C=O) groups is 1. The normalized spacial score (nSPS) is 14.4. The monoisotopic (exact) mass is 362 g/mol. The summed E-state index contributed by atoms with van der Waals surface area (Å²) in [7, 11) is 1.61. The predicted molar refractivity (Wildman–Crippen MR) is 101 cm³/mol. The van der Waals surface area contributed by atoms with Crippen LogP contribution < -0.4 is 10.1 Å². The second-order valence-corrected chi connectivity index (χ2v) is 6.70. The van der Waals surface area contributed by atoms with Gasteiger partial charge in [-0.25, -0.2) is 4.39 Å². The maximum atomic E-state index is 13.0. The number of methoxy groups -OCH3 is 1. The lowest BCUT2D eigenvalue weighted by Gasteiger charge is -2.18. The highest BCUT2D eigenvalue weighted by Gasteiger charge is 2.45. The molecule has 1 heterocycles. The van der Waals surface area contributed by atoms with Crippen molar-refractivity contribution in [2.24, 2.45) is 0 Å². The average Bonchev–Trinajstić information content (AvgIpc) is 3.49. The fourth-order valence-electron chi connectivity index (χ4n) is 3.13. The number of amides is 1. The summed E-state index contributed by atoms with van der Waals surface area (Å²) in [6.07, 6.45) is 3.47. The molecule has 1 saturated carbocycles. The van der Waals surface area contributed by atoms with Crippen LogP contribution in [0.2, 0.25) is 0 Å². The van der Waals surface area contributed by atoms with Crippen molar-refractivity contribution < 1.29 is 13.9 Å². The van der Waals surface area contributed by atoms with Gasteiger partial charge < -0.3 is 10.1 Å². The molecule has 0 radical (unpaired) electrons. The standard InChI is InChI=1S/C22H19FN2O2/c1-27-19-10-11-20(24-14-19)15-2-6-17(7-3-15)22(12-13-22)25-21(26)16-4-8-18(23)9-5-16/h2-11,14H,12-13H2,1H3,(H,25,26). The minimum Gasteiger partial charge on any atom is -0.495 e. The molecule has 5 heteroatoms. The molecule has 0 unspecified atom stereocenters. The van der Waals surface area contributed by atoms with Crippen molar-refractivity contribution in [2.75, 3.05) is 7.11 Å². The van der Waals surface area contributed by atoms with E-state index in [4.69, 9.17) is 4.74 Å². The molecule has 1 aromatic heterocycles. The van der Waals surface area contributed by atoms with E-state index in [0.29, 0.717) is 5.56 Å². The second kappa shape index (κ2) is 6.83. The fraction of sp³-hybridized carbons (Fsp3) is 0.182. The van der Waals surface area contributed by atoms with Crippen LogP contribution in [0.15, 0.2) is 66.9 Å². The van der Waals surface area contributed by atoms with Crippen molar-refractivity contribution in [3.05, 3.63) is 83.8 Å². The zero-order valence-electron chi connectivity index (χ0n) is 14.9. The van der Waals surface area contributed by atoms with Crippen molar-refractivity contribution in [1.82, 2.24) is 10.3 Å². The summed E-state index contributed by atoms with van der Waals surface area (Å²) in [5.74, 6) is 0.180. The molecule has 1 aliphatic rings. The Hall–Kier alpha value is -3.21. The first-order valence-corrected chi connectivity index (χ1v) is 8.79. The quantitative estimate of drug-likeness (QED) is 0.736. The molecule has 1 fully saturated rings. The molecule has 0 atom stereocenters. The van der Waals surface area contributed by atoms with Crippen molar-refractivity contribution >= 4 is 5.91 Å². The van der Waals surface area contributed by atoms with Crippen LogP contribution in [0.4, 0.5) is 4.39 Å². The van der Waals surface area contributed by atoms with Crippen LogP contribution >= 0.6 is 0 Å². The Morgan fingerprint density at radius 3 is 2.30 bits per heavy atom. The summed E-state index contributed by atoms with van der Waals surface area (Å²) < 4.78 is 18.2. The number of rotatable bonds is 5. The first-order valence-electron chi connectivity index (χ1n) is 8.79. The van der Waals surface area contributed by atoms with Crippen LogP contribution in [0.5, 0.6) is 5.75 Å². The highest BCUT2D eigenvalue weighted by atomic mass is 19.1. The smallest absolute Gasteiger partial charge is 0.251 e. The van der Waals surface area contributed by atoms with Gasteiger partial charge in [0.1, 0.15) is 11.6 Å². The highest BCUT2D eigenvalue weighted by Crippen LogP contribution is 2.46. The van der Waals surface area contributed by atoms with E-state index in [2.05, 4.69) is 10.3 Å². The third kappa shape index (κ3) is 3.53. The zero-order chi connectivity index (χ0) is 18.9. The predicted octanol–water partition coefficient (Wildman–Crippen LogP) is 4.32. The SMILES string of the molecule is COc1ccc(-c2ccc(C3(NC(=O)c4ccc(F)cc4)CC3)cc2)nc1. The number of hydrogen-bond donors (Lipinski definition) is 1. The van der Waals surface area contributed by atoms with Crippen LogP contribution in [0.25, 0.3) is 11.3 Å².